The van der Waals surface area contributed by atoms with Crippen LogP contribution in [0.5, 0.6) is 0 Å². The number of alkyl halides is 5. The highest BCUT2D eigenvalue weighted by molar-refractivity contribution is 8.05. The average molecular weight is 503 g/mol. The lowest BCUT2D eigenvalue weighted by atomic mass is 9.99. The molecule has 30 heavy (non-hydrogen) atoms. The van der Waals surface area contributed by atoms with Crippen LogP contribution in [-0.4, -0.2) is 48.2 Å². The first-order valence-electron chi connectivity index (χ1n) is 7.87. The number of halogens is 5. The number of hydrogen-bond donors (Lipinski definition) is 2. The van der Waals surface area contributed by atoms with E-state index in [0.29, 0.717) is 16.7 Å². The van der Waals surface area contributed by atoms with Gasteiger partial charge < -0.3 is 0 Å². The van der Waals surface area contributed by atoms with Crippen molar-refractivity contribution in [2.45, 2.75) is 39.1 Å². The van der Waals surface area contributed by atoms with Gasteiger partial charge in [0.2, 0.25) is 20.0 Å². The lowest BCUT2D eigenvalue weighted by Gasteiger charge is -2.20. The summed E-state index contributed by atoms with van der Waals surface area (Å²) in [4.78, 5) is 0. The number of nitrogens with one attached hydrogen (secondary N) is 2. The van der Waals surface area contributed by atoms with Crippen molar-refractivity contribution in [3.63, 3.8) is 0 Å². The molecule has 1 aromatic carbocycles. The molecule has 0 radical (unpaired) electrons. The molecule has 0 fully saturated rings. The predicted octanol–water partition coefficient (Wildman–Crippen LogP) is 2.07. The van der Waals surface area contributed by atoms with E-state index in [0.717, 1.165) is 5.56 Å². The topological polar surface area (TPSA) is 126 Å². The minimum Gasteiger partial charge on any atom is -0.283 e. The second-order valence-corrected chi connectivity index (χ2v) is 12.0. The van der Waals surface area contributed by atoms with Crippen LogP contribution in [0.2, 0.25) is 0 Å². The summed E-state index contributed by atoms with van der Waals surface area (Å²) in [6.07, 6.45) is 0. The molecule has 1 rings (SSSR count). The third-order valence-corrected chi connectivity index (χ3v) is 8.58. The Labute approximate surface area is 171 Å². The summed E-state index contributed by atoms with van der Waals surface area (Å²) in [6, 6.07) is 1.59. The summed E-state index contributed by atoms with van der Waals surface area (Å²) >= 11 is 0. The Morgan fingerprint density at radius 1 is 0.767 bits per heavy atom. The van der Waals surface area contributed by atoms with Gasteiger partial charge in [-0.25, -0.2) is 34.0 Å². The molecule has 0 amide bonds. The summed E-state index contributed by atoms with van der Waals surface area (Å²) in [5, 5.41) is 0. The Morgan fingerprint density at radius 3 is 1.70 bits per heavy atom. The Hall–Kier alpha value is -1.52. The molecule has 0 spiro atoms. The third kappa shape index (κ3) is 6.75. The smallest absolute Gasteiger partial charge is 0.283 e. The van der Waals surface area contributed by atoms with Crippen molar-refractivity contribution in [3.05, 3.63) is 28.3 Å². The van der Waals surface area contributed by atoms with Crippen molar-refractivity contribution in [1.29, 1.82) is 0 Å². The molecule has 8 nitrogen and oxygen atoms in total. The van der Waals surface area contributed by atoms with Crippen LogP contribution in [0.25, 0.3) is 0 Å². The molecule has 0 aromatic heterocycles. The second-order valence-electron chi connectivity index (χ2n) is 6.64. The van der Waals surface area contributed by atoms with Gasteiger partial charge in [-0.2, -0.15) is 13.2 Å². The van der Waals surface area contributed by atoms with Crippen molar-refractivity contribution in [2.75, 3.05) is 16.2 Å². The maximum Gasteiger partial charge on any atom is 0.512 e. The summed E-state index contributed by atoms with van der Waals surface area (Å²) in [7, 11) is -17.1. The summed E-state index contributed by atoms with van der Waals surface area (Å²) in [5.74, 6) is -9.22. The van der Waals surface area contributed by atoms with Crippen molar-refractivity contribution in [1.82, 2.24) is 4.13 Å². The van der Waals surface area contributed by atoms with Gasteiger partial charge in [0.05, 0.1) is 5.69 Å². The minimum absolute atomic E-state index is 0.00506. The predicted molar refractivity (Wildman–Crippen MR) is 99.6 cm³/mol. The van der Waals surface area contributed by atoms with Crippen LogP contribution in [0, 0.1) is 27.7 Å². The van der Waals surface area contributed by atoms with Crippen molar-refractivity contribution in [2.24, 2.45) is 0 Å². The van der Waals surface area contributed by atoms with Gasteiger partial charge in [-0.3, -0.25) is 4.72 Å². The summed E-state index contributed by atoms with van der Waals surface area (Å²) in [5.41, 5.74) is -3.76. The van der Waals surface area contributed by atoms with E-state index < -0.39 is 53.0 Å². The maximum atomic E-state index is 14.0. The molecule has 0 aliphatic heterocycles. The van der Waals surface area contributed by atoms with Gasteiger partial charge in [0.15, 0.2) is 0 Å². The van der Waals surface area contributed by atoms with Crippen LogP contribution < -0.4 is 8.85 Å². The quantitative estimate of drug-likeness (QED) is 0.524. The first kappa shape index (κ1) is 26.5. The Bertz CT molecular complexity index is 1140. The number of sulfonamides is 3. The van der Waals surface area contributed by atoms with Crippen LogP contribution in [-0.2, 0) is 30.1 Å². The highest BCUT2D eigenvalue weighted by atomic mass is 32.3. The van der Waals surface area contributed by atoms with Crippen LogP contribution in [0.15, 0.2) is 6.07 Å². The van der Waals surface area contributed by atoms with Gasteiger partial charge in [0.1, 0.15) is 11.5 Å². The fourth-order valence-corrected chi connectivity index (χ4v) is 6.57. The lowest BCUT2D eigenvalue weighted by Crippen LogP contribution is -2.46. The molecule has 0 saturated carbocycles. The number of aryl methyl sites for hydroxylation is 2. The Morgan fingerprint density at radius 2 is 1.23 bits per heavy atom. The lowest BCUT2D eigenvalue weighted by molar-refractivity contribution is -0.0442. The first-order valence-corrected chi connectivity index (χ1v) is 12.7. The Kier molecular flexibility index (Phi) is 7.25. The highest BCUT2D eigenvalue weighted by Gasteiger charge is 2.50. The van der Waals surface area contributed by atoms with E-state index in [4.69, 9.17) is 0 Å². The number of hydrogen-bond acceptors (Lipinski definition) is 6. The second kappa shape index (κ2) is 8.20. The normalized spacial score (nSPS) is 14.0. The zero-order valence-electron chi connectivity index (χ0n) is 16.1. The van der Waals surface area contributed by atoms with Gasteiger partial charge in [-0.1, -0.05) is 6.07 Å². The number of benzene rings is 1. The van der Waals surface area contributed by atoms with E-state index in [2.05, 4.69) is 0 Å². The maximum absolute atomic E-state index is 14.0. The minimum atomic E-state index is -6.48. The molecule has 174 valence electrons. The average Bonchev–Trinajstić information content (AvgIpc) is 2.44. The number of rotatable bonds is 8. The molecule has 1 aromatic rings. The summed E-state index contributed by atoms with van der Waals surface area (Å²) in [6.45, 7) is 6.44. The third-order valence-electron chi connectivity index (χ3n) is 3.96. The molecule has 0 aliphatic carbocycles. The van der Waals surface area contributed by atoms with E-state index in [9.17, 15) is 47.2 Å². The zero-order chi connectivity index (χ0) is 23.9. The van der Waals surface area contributed by atoms with Crippen molar-refractivity contribution < 1.29 is 47.2 Å². The standard InChI is InChI=1S/C14H19F5N2O6S3/c1-8-5-9(2)12(11(4)10(8)3)20-28(22,23)6-13(15,16)7-29(24,25)21-30(26,27)14(17,18)19/h5,20-21H,6-7H2,1-4H3. The van der Waals surface area contributed by atoms with Gasteiger partial charge >= 0.3 is 15.5 Å². The molecule has 0 atom stereocenters. The SMILES string of the molecule is Cc1cc(C)c(NS(=O)(=O)CC(F)(F)CS(=O)(=O)NS(=O)(=O)C(F)(F)F)c(C)c1C. The van der Waals surface area contributed by atoms with Gasteiger partial charge in [-0.15, -0.1) is 4.13 Å². The zero-order valence-corrected chi connectivity index (χ0v) is 18.5. The van der Waals surface area contributed by atoms with E-state index in [1.54, 1.807) is 19.9 Å². The van der Waals surface area contributed by atoms with Gasteiger partial charge in [0.25, 0.3) is 5.92 Å². The van der Waals surface area contributed by atoms with Crippen molar-refractivity contribution in [3.8, 4) is 0 Å². The van der Waals surface area contributed by atoms with E-state index in [1.807, 2.05) is 4.72 Å². The molecule has 0 heterocycles. The molecule has 0 unspecified atom stereocenters. The van der Waals surface area contributed by atoms with E-state index >= 15 is 0 Å². The largest absolute Gasteiger partial charge is 0.512 e. The Balaban J connectivity index is 3.10. The fourth-order valence-electron chi connectivity index (χ4n) is 2.47. The van der Waals surface area contributed by atoms with Gasteiger partial charge in [0, 0.05) is 0 Å². The molecule has 0 aliphatic rings. The van der Waals surface area contributed by atoms with Gasteiger partial charge in [-0.05, 0) is 49.9 Å². The molecular weight excluding hydrogens is 483 g/mol. The van der Waals surface area contributed by atoms with E-state index in [-0.39, 0.29) is 9.81 Å². The van der Waals surface area contributed by atoms with E-state index in [1.165, 1.54) is 13.8 Å². The van der Waals surface area contributed by atoms with Crippen LogP contribution in [0.1, 0.15) is 22.3 Å². The highest BCUT2D eigenvalue weighted by Crippen LogP contribution is 2.29. The van der Waals surface area contributed by atoms with Crippen molar-refractivity contribution >= 4 is 35.8 Å². The number of anilines is 1. The van der Waals surface area contributed by atoms with Crippen LogP contribution in [0.3, 0.4) is 0 Å². The first-order chi connectivity index (χ1) is 13.1. The summed E-state index contributed by atoms with van der Waals surface area (Å²) < 4.78 is 136. The fraction of sp³-hybridized carbons (Fsp3) is 0.571. The molecule has 0 bridgehead atoms. The van der Waals surface area contributed by atoms with Crippen LogP contribution in [0.4, 0.5) is 27.6 Å². The molecule has 2 N–H and O–H groups in total. The monoisotopic (exact) mass is 502 g/mol. The molecule has 0 saturated heterocycles. The van der Waals surface area contributed by atoms with Crippen LogP contribution >= 0.6 is 0 Å². The molecule has 16 heteroatoms. The molecular formula is C14H19F5N2O6S3.